The number of amides is 1. The Morgan fingerprint density at radius 1 is 0.958 bits per heavy atom. The van der Waals surface area contributed by atoms with E-state index in [4.69, 9.17) is 0 Å². The van der Waals surface area contributed by atoms with Crippen molar-refractivity contribution >= 4 is 33.2 Å². The maximum absolute atomic E-state index is 12.3. The largest absolute Gasteiger partial charge is 0.381 e. The van der Waals surface area contributed by atoms with E-state index in [1.807, 2.05) is 48.5 Å². The number of pyridine rings is 1. The molecule has 4 nitrogen and oxygen atoms in total. The van der Waals surface area contributed by atoms with E-state index in [-0.39, 0.29) is 5.91 Å². The van der Waals surface area contributed by atoms with Crippen LogP contribution in [-0.4, -0.2) is 10.9 Å². The highest BCUT2D eigenvalue weighted by Crippen LogP contribution is 2.16. The molecule has 0 spiro atoms. The number of carbonyl (C=O) groups excluding carboxylic acids is 1. The molecule has 0 saturated heterocycles. The second kappa shape index (κ2) is 7.75. The summed E-state index contributed by atoms with van der Waals surface area (Å²) in [5, 5.41) is 6.14. The van der Waals surface area contributed by atoms with Crippen LogP contribution in [0.4, 0.5) is 11.4 Å². The van der Waals surface area contributed by atoms with Gasteiger partial charge >= 0.3 is 0 Å². The average Bonchev–Trinajstić information content (AvgIpc) is 2.63. The monoisotopic (exact) mass is 381 g/mol. The van der Waals surface area contributed by atoms with Crippen molar-refractivity contribution in [3.8, 4) is 0 Å². The van der Waals surface area contributed by atoms with E-state index in [1.165, 1.54) is 5.56 Å². The van der Waals surface area contributed by atoms with Gasteiger partial charge in [0.05, 0.1) is 0 Å². The van der Waals surface area contributed by atoms with Gasteiger partial charge in [-0.05, 0) is 42.0 Å². The predicted molar refractivity (Wildman–Crippen MR) is 100 cm³/mol. The highest BCUT2D eigenvalue weighted by molar-refractivity contribution is 9.10. The first-order valence-corrected chi connectivity index (χ1v) is 8.31. The summed E-state index contributed by atoms with van der Waals surface area (Å²) in [6.45, 7) is 0.693. The summed E-state index contributed by atoms with van der Waals surface area (Å²) in [5.41, 5.74) is 3.13. The third-order valence-corrected chi connectivity index (χ3v) is 3.96. The Hall–Kier alpha value is -2.66. The number of hydrogen-bond donors (Lipinski definition) is 2. The maximum Gasteiger partial charge on any atom is 0.274 e. The van der Waals surface area contributed by atoms with Gasteiger partial charge in [0.15, 0.2) is 0 Å². The van der Waals surface area contributed by atoms with Crippen LogP contribution in [0.1, 0.15) is 16.1 Å². The Bertz CT molecular complexity index is 820. The van der Waals surface area contributed by atoms with Crippen molar-refractivity contribution in [3.63, 3.8) is 0 Å². The van der Waals surface area contributed by atoms with Gasteiger partial charge in [-0.15, -0.1) is 0 Å². The molecule has 1 amide bonds. The minimum absolute atomic E-state index is 0.235. The molecule has 120 valence electrons. The molecule has 0 aliphatic heterocycles. The normalized spacial score (nSPS) is 10.2. The molecule has 0 aliphatic rings. The summed E-state index contributed by atoms with van der Waals surface area (Å²) in [7, 11) is 0. The standard InChI is InChI=1S/C19H16BrN3O/c20-15-6-8-16(9-7-15)23-19(24)18-12-17(10-11-21-18)22-13-14-4-2-1-3-5-14/h1-12H,13H2,(H,21,22)(H,23,24). The van der Waals surface area contributed by atoms with Crippen LogP contribution < -0.4 is 10.6 Å². The molecule has 0 bridgehead atoms. The van der Waals surface area contributed by atoms with E-state index in [9.17, 15) is 4.79 Å². The van der Waals surface area contributed by atoms with Crippen molar-refractivity contribution in [2.75, 3.05) is 10.6 Å². The number of halogens is 1. The van der Waals surface area contributed by atoms with Gasteiger partial charge in [0.1, 0.15) is 5.69 Å². The lowest BCUT2D eigenvalue weighted by Crippen LogP contribution is -2.14. The molecule has 0 fully saturated rings. The molecule has 0 radical (unpaired) electrons. The number of carbonyl (C=O) groups is 1. The highest BCUT2D eigenvalue weighted by atomic mass is 79.9. The first-order valence-electron chi connectivity index (χ1n) is 7.51. The molecular formula is C19H16BrN3O. The Morgan fingerprint density at radius 2 is 1.71 bits per heavy atom. The molecule has 1 heterocycles. The third-order valence-electron chi connectivity index (χ3n) is 3.43. The Balaban J connectivity index is 1.65. The number of nitrogens with one attached hydrogen (secondary N) is 2. The Morgan fingerprint density at radius 3 is 2.46 bits per heavy atom. The van der Waals surface area contributed by atoms with Crippen molar-refractivity contribution in [2.24, 2.45) is 0 Å². The predicted octanol–water partition coefficient (Wildman–Crippen LogP) is 4.71. The quantitative estimate of drug-likeness (QED) is 0.672. The van der Waals surface area contributed by atoms with Crippen molar-refractivity contribution in [2.45, 2.75) is 6.54 Å². The number of aromatic nitrogens is 1. The number of anilines is 2. The minimum atomic E-state index is -0.235. The van der Waals surface area contributed by atoms with E-state index >= 15 is 0 Å². The van der Waals surface area contributed by atoms with Gasteiger partial charge in [-0.25, -0.2) is 0 Å². The summed E-state index contributed by atoms with van der Waals surface area (Å²) in [4.78, 5) is 16.5. The second-order valence-corrected chi connectivity index (χ2v) is 6.15. The maximum atomic E-state index is 12.3. The van der Waals surface area contributed by atoms with E-state index in [1.54, 1.807) is 12.3 Å². The molecular weight excluding hydrogens is 366 g/mol. The third kappa shape index (κ3) is 4.43. The average molecular weight is 382 g/mol. The first-order chi connectivity index (χ1) is 11.7. The molecule has 2 aromatic carbocycles. The van der Waals surface area contributed by atoms with Gasteiger partial charge in [0, 0.05) is 28.6 Å². The summed E-state index contributed by atoms with van der Waals surface area (Å²) < 4.78 is 0.964. The van der Waals surface area contributed by atoms with Crippen molar-refractivity contribution in [1.29, 1.82) is 0 Å². The molecule has 5 heteroatoms. The fourth-order valence-electron chi connectivity index (χ4n) is 2.19. The Kier molecular flexibility index (Phi) is 5.23. The van der Waals surface area contributed by atoms with Crippen LogP contribution in [0.5, 0.6) is 0 Å². The summed E-state index contributed by atoms with van der Waals surface area (Å²) in [6, 6.07) is 21.1. The number of nitrogens with zero attached hydrogens (tertiary/aromatic N) is 1. The van der Waals surface area contributed by atoms with Gasteiger partial charge in [0.2, 0.25) is 0 Å². The van der Waals surface area contributed by atoms with Crippen LogP contribution in [-0.2, 0) is 6.54 Å². The van der Waals surface area contributed by atoms with Gasteiger partial charge in [-0.2, -0.15) is 0 Å². The fraction of sp³-hybridized carbons (Fsp3) is 0.0526. The SMILES string of the molecule is O=C(Nc1ccc(Br)cc1)c1cc(NCc2ccccc2)ccn1. The van der Waals surface area contributed by atoms with Crippen LogP contribution in [0, 0.1) is 0 Å². The zero-order chi connectivity index (χ0) is 16.8. The first kappa shape index (κ1) is 16.2. The fourth-order valence-corrected chi connectivity index (χ4v) is 2.46. The van der Waals surface area contributed by atoms with E-state index in [0.29, 0.717) is 12.2 Å². The molecule has 3 rings (SSSR count). The minimum Gasteiger partial charge on any atom is -0.381 e. The number of hydrogen-bond acceptors (Lipinski definition) is 3. The molecule has 24 heavy (non-hydrogen) atoms. The molecule has 0 saturated carbocycles. The van der Waals surface area contributed by atoms with Crippen LogP contribution in [0.2, 0.25) is 0 Å². The van der Waals surface area contributed by atoms with E-state index < -0.39 is 0 Å². The second-order valence-electron chi connectivity index (χ2n) is 5.23. The number of rotatable bonds is 5. The van der Waals surface area contributed by atoms with Gasteiger partial charge < -0.3 is 10.6 Å². The summed E-state index contributed by atoms with van der Waals surface area (Å²) in [5.74, 6) is -0.235. The Labute approximate surface area is 149 Å². The number of benzene rings is 2. The van der Waals surface area contributed by atoms with Crippen LogP contribution in [0.15, 0.2) is 77.4 Å². The van der Waals surface area contributed by atoms with Crippen LogP contribution >= 0.6 is 15.9 Å². The molecule has 0 atom stereocenters. The van der Waals surface area contributed by atoms with Gasteiger partial charge in [-0.3, -0.25) is 9.78 Å². The van der Waals surface area contributed by atoms with Crippen LogP contribution in [0.25, 0.3) is 0 Å². The molecule has 0 aliphatic carbocycles. The zero-order valence-electron chi connectivity index (χ0n) is 12.9. The highest BCUT2D eigenvalue weighted by Gasteiger charge is 2.08. The molecule has 3 aromatic rings. The van der Waals surface area contributed by atoms with Crippen molar-refractivity contribution in [1.82, 2.24) is 4.98 Å². The zero-order valence-corrected chi connectivity index (χ0v) is 14.5. The smallest absolute Gasteiger partial charge is 0.274 e. The van der Waals surface area contributed by atoms with Crippen molar-refractivity contribution < 1.29 is 4.79 Å². The lowest BCUT2D eigenvalue weighted by molar-refractivity contribution is 0.102. The van der Waals surface area contributed by atoms with Crippen molar-refractivity contribution in [3.05, 3.63) is 88.7 Å². The van der Waals surface area contributed by atoms with Crippen LogP contribution in [0.3, 0.4) is 0 Å². The molecule has 2 N–H and O–H groups in total. The topological polar surface area (TPSA) is 54.0 Å². The van der Waals surface area contributed by atoms with Gasteiger partial charge in [0.25, 0.3) is 5.91 Å². The lowest BCUT2D eigenvalue weighted by Gasteiger charge is -2.09. The summed E-state index contributed by atoms with van der Waals surface area (Å²) >= 11 is 3.37. The van der Waals surface area contributed by atoms with Gasteiger partial charge in [-0.1, -0.05) is 46.3 Å². The molecule has 0 unspecified atom stereocenters. The van der Waals surface area contributed by atoms with E-state index in [2.05, 4.69) is 43.7 Å². The van der Waals surface area contributed by atoms with E-state index in [0.717, 1.165) is 15.8 Å². The summed E-state index contributed by atoms with van der Waals surface area (Å²) in [6.07, 6.45) is 1.63. The molecule has 1 aromatic heterocycles. The lowest BCUT2D eigenvalue weighted by atomic mass is 10.2.